The number of piperidine rings is 1. The minimum absolute atomic E-state index is 0.0677. The van der Waals surface area contributed by atoms with Crippen molar-refractivity contribution in [3.63, 3.8) is 0 Å². The second-order valence-electron chi connectivity index (χ2n) is 5.19. The summed E-state index contributed by atoms with van der Waals surface area (Å²) < 4.78 is 10.5. The Hall–Kier alpha value is -2.08. The molecule has 2 heterocycles. The quantitative estimate of drug-likeness (QED) is 0.807. The maximum atomic E-state index is 11.2. The largest absolute Gasteiger partial charge is 0.497 e. The van der Waals surface area contributed by atoms with Crippen LogP contribution in [0.1, 0.15) is 12.8 Å². The Labute approximate surface area is 133 Å². The highest BCUT2D eigenvalue weighted by Gasteiger charge is 2.26. The van der Waals surface area contributed by atoms with Gasteiger partial charge in [0.05, 0.1) is 7.11 Å². The first-order chi connectivity index (χ1) is 10.7. The molecule has 1 aliphatic rings. The summed E-state index contributed by atoms with van der Waals surface area (Å²) in [6.07, 6.45) is 1.42. The lowest BCUT2D eigenvalue weighted by molar-refractivity contribution is -0.115. The van der Waals surface area contributed by atoms with E-state index in [4.69, 9.17) is 20.9 Å². The van der Waals surface area contributed by atoms with Gasteiger partial charge in [0.15, 0.2) is 0 Å². The van der Waals surface area contributed by atoms with Gasteiger partial charge in [-0.25, -0.2) is 0 Å². The summed E-state index contributed by atoms with van der Waals surface area (Å²) in [5.74, 6) is 1.25. The van der Waals surface area contributed by atoms with Gasteiger partial charge in [0.25, 0.3) is 0 Å². The topological polar surface area (TPSA) is 68.5 Å². The number of nitrogens with zero attached hydrogens (tertiary/aromatic N) is 3. The van der Waals surface area contributed by atoms with Crippen molar-refractivity contribution in [3.8, 4) is 17.1 Å². The van der Waals surface area contributed by atoms with Gasteiger partial charge < -0.3 is 14.2 Å². The predicted molar refractivity (Wildman–Crippen MR) is 82.1 cm³/mol. The van der Waals surface area contributed by atoms with Crippen LogP contribution < -0.4 is 9.64 Å². The lowest BCUT2D eigenvalue weighted by Crippen LogP contribution is -2.35. The van der Waals surface area contributed by atoms with Gasteiger partial charge in [-0.05, 0) is 48.7 Å². The molecule has 6 nitrogen and oxygen atoms in total. The summed E-state index contributed by atoms with van der Waals surface area (Å²) in [5, 5.41) is 3.75. The fourth-order valence-corrected chi connectivity index (χ4v) is 2.72. The molecule has 1 saturated heterocycles. The zero-order valence-electron chi connectivity index (χ0n) is 12.2. The first kappa shape index (κ1) is 14.8. The number of ether oxygens (including phenoxy) is 1. The SMILES string of the molecule is COc1ccc(-c2noc(N3CCC(C(=O)Cl)CC3)n2)cc1. The smallest absolute Gasteiger partial charge is 0.324 e. The van der Waals surface area contributed by atoms with Crippen molar-refractivity contribution >= 4 is 22.9 Å². The molecule has 0 amide bonds. The first-order valence-electron chi connectivity index (χ1n) is 7.10. The minimum Gasteiger partial charge on any atom is -0.497 e. The van der Waals surface area contributed by atoms with E-state index in [1.807, 2.05) is 29.2 Å². The van der Waals surface area contributed by atoms with Crippen molar-refractivity contribution in [1.29, 1.82) is 0 Å². The number of carbonyl (C=O) groups excluding carboxylic acids is 1. The van der Waals surface area contributed by atoms with Gasteiger partial charge in [-0.15, -0.1) is 0 Å². The molecule has 0 atom stereocenters. The highest BCUT2D eigenvalue weighted by molar-refractivity contribution is 6.64. The van der Waals surface area contributed by atoms with Crippen LogP contribution in [0.2, 0.25) is 0 Å². The molecule has 0 bridgehead atoms. The second kappa shape index (κ2) is 6.36. The van der Waals surface area contributed by atoms with Crippen molar-refractivity contribution in [3.05, 3.63) is 24.3 Å². The average Bonchev–Trinajstić information content (AvgIpc) is 3.05. The number of anilines is 1. The van der Waals surface area contributed by atoms with Crippen LogP contribution in [-0.2, 0) is 4.79 Å². The number of halogens is 1. The third kappa shape index (κ3) is 3.06. The molecule has 116 valence electrons. The molecule has 2 aromatic rings. The number of rotatable bonds is 4. The third-order valence-electron chi connectivity index (χ3n) is 3.85. The number of benzene rings is 1. The van der Waals surface area contributed by atoms with Crippen LogP contribution in [0.4, 0.5) is 6.01 Å². The van der Waals surface area contributed by atoms with Crippen molar-refractivity contribution in [2.24, 2.45) is 5.92 Å². The maximum absolute atomic E-state index is 11.2. The summed E-state index contributed by atoms with van der Waals surface area (Å²) in [7, 11) is 1.62. The van der Waals surface area contributed by atoms with Crippen molar-refractivity contribution in [2.45, 2.75) is 12.8 Å². The monoisotopic (exact) mass is 321 g/mol. The van der Waals surface area contributed by atoms with E-state index in [9.17, 15) is 4.79 Å². The molecule has 0 spiro atoms. The molecule has 7 heteroatoms. The molecule has 0 saturated carbocycles. The summed E-state index contributed by atoms with van der Waals surface area (Å²) in [5.41, 5.74) is 0.863. The van der Waals surface area contributed by atoms with E-state index in [2.05, 4.69) is 10.1 Å². The molecule has 0 unspecified atom stereocenters. The van der Waals surface area contributed by atoms with E-state index in [0.717, 1.165) is 11.3 Å². The van der Waals surface area contributed by atoms with E-state index in [-0.39, 0.29) is 11.2 Å². The van der Waals surface area contributed by atoms with E-state index < -0.39 is 0 Å². The van der Waals surface area contributed by atoms with Crippen LogP contribution in [0, 0.1) is 5.92 Å². The fraction of sp³-hybridized carbons (Fsp3) is 0.400. The molecule has 0 aliphatic carbocycles. The van der Waals surface area contributed by atoms with Crippen LogP contribution in [0.15, 0.2) is 28.8 Å². The molecular weight excluding hydrogens is 306 g/mol. The number of aromatic nitrogens is 2. The lowest BCUT2D eigenvalue weighted by Gasteiger charge is -2.28. The molecule has 3 rings (SSSR count). The molecule has 22 heavy (non-hydrogen) atoms. The second-order valence-corrected chi connectivity index (χ2v) is 5.57. The molecule has 1 aromatic heterocycles. The van der Waals surface area contributed by atoms with Crippen LogP contribution in [-0.4, -0.2) is 35.6 Å². The van der Waals surface area contributed by atoms with E-state index in [1.165, 1.54) is 0 Å². The lowest BCUT2D eigenvalue weighted by atomic mass is 9.99. The zero-order valence-corrected chi connectivity index (χ0v) is 12.9. The maximum Gasteiger partial charge on any atom is 0.324 e. The van der Waals surface area contributed by atoms with Gasteiger partial charge in [0.2, 0.25) is 11.1 Å². The van der Waals surface area contributed by atoms with E-state index in [0.29, 0.717) is 37.8 Å². The first-order valence-corrected chi connectivity index (χ1v) is 7.47. The number of hydrogen-bond donors (Lipinski definition) is 0. The summed E-state index contributed by atoms with van der Waals surface area (Å²) in [6, 6.07) is 7.94. The van der Waals surface area contributed by atoms with Crippen LogP contribution >= 0.6 is 11.6 Å². The third-order valence-corrected chi connectivity index (χ3v) is 4.16. The van der Waals surface area contributed by atoms with Gasteiger partial charge in [0.1, 0.15) is 5.75 Å². The highest BCUT2D eigenvalue weighted by Crippen LogP contribution is 2.26. The molecule has 1 aromatic carbocycles. The molecule has 0 radical (unpaired) electrons. The van der Waals surface area contributed by atoms with Gasteiger partial charge in [0, 0.05) is 24.6 Å². The van der Waals surface area contributed by atoms with Gasteiger partial charge in [-0.2, -0.15) is 4.98 Å². The van der Waals surface area contributed by atoms with Gasteiger partial charge in [-0.1, -0.05) is 5.16 Å². The Balaban J connectivity index is 1.70. The number of carbonyl (C=O) groups is 1. The fourth-order valence-electron chi connectivity index (χ4n) is 2.50. The average molecular weight is 322 g/mol. The van der Waals surface area contributed by atoms with E-state index >= 15 is 0 Å². The normalized spacial score (nSPS) is 15.8. The van der Waals surface area contributed by atoms with Crippen LogP contribution in [0.5, 0.6) is 5.75 Å². The van der Waals surface area contributed by atoms with Gasteiger partial charge >= 0.3 is 6.01 Å². The van der Waals surface area contributed by atoms with E-state index in [1.54, 1.807) is 7.11 Å². The molecular formula is C15H16ClN3O3. The number of hydrogen-bond acceptors (Lipinski definition) is 6. The molecule has 1 aliphatic heterocycles. The van der Waals surface area contributed by atoms with Crippen molar-refractivity contribution in [2.75, 3.05) is 25.1 Å². The standard InChI is InChI=1S/C15H16ClN3O3/c1-21-12-4-2-11(3-5-12)14-17-15(22-18-14)19-8-6-10(7-9-19)13(16)20/h2-5,10H,6-9H2,1H3. The summed E-state index contributed by atoms with van der Waals surface area (Å²) in [6.45, 7) is 1.38. The zero-order chi connectivity index (χ0) is 15.5. The Bertz CT molecular complexity index is 648. The predicted octanol–water partition coefficient (Wildman–Crippen LogP) is 2.73. The summed E-state index contributed by atoms with van der Waals surface area (Å²) >= 11 is 5.54. The molecule has 1 fully saturated rings. The summed E-state index contributed by atoms with van der Waals surface area (Å²) in [4.78, 5) is 17.6. The number of methoxy groups -OCH3 is 1. The van der Waals surface area contributed by atoms with Crippen LogP contribution in [0.25, 0.3) is 11.4 Å². The highest BCUT2D eigenvalue weighted by atomic mass is 35.5. The Morgan fingerprint density at radius 1 is 1.32 bits per heavy atom. The van der Waals surface area contributed by atoms with Crippen molar-refractivity contribution in [1.82, 2.24) is 10.1 Å². The minimum atomic E-state index is -0.260. The van der Waals surface area contributed by atoms with Crippen molar-refractivity contribution < 1.29 is 14.1 Å². The molecule has 0 N–H and O–H groups in total. The Morgan fingerprint density at radius 2 is 2.00 bits per heavy atom. The van der Waals surface area contributed by atoms with Gasteiger partial charge in [-0.3, -0.25) is 4.79 Å². The Kier molecular flexibility index (Phi) is 4.29. The van der Waals surface area contributed by atoms with Crippen LogP contribution in [0.3, 0.4) is 0 Å². The Morgan fingerprint density at radius 3 is 2.59 bits per heavy atom.